The fourth-order valence-electron chi connectivity index (χ4n) is 2.74. The fourth-order valence-corrected chi connectivity index (χ4v) is 3.91. The Labute approximate surface area is 161 Å². The van der Waals surface area contributed by atoms with Crippen molar-refractivity contribution in [2.75, 3.05) is 0 Å². The van der Waals surface area contributed by atoms with E-state index in [1.165, 1.54) is 17.6 Å². The smallest absolute Gasteiger partial charge is 0.416 e. The minimum absolute atomic E-state index is 0.113. The number of fused-ring (bicyclic) bond motifs is 1. The number of halogens is 3. The first-order chi connectivity index (χ1) is 13.1. The molecule has 3 rings (SSSR count). The first-order valence-electron chi connectivity index (χ1n) is 8.19. The normalized spacial score (nSPS) is 13.7. The van der Waals surface area contributed by atoms with E-state index in [4.69, 9.17) is 0 Å². The molecule has 2 aromatic carbocycles. The Balaban J connectivity index is 2.19. The summed E-state index contributed by atoms with van der Waals surface area (Å²) in [6.07, 6.45) is -4.58. The van der Waals surface area contributed by atoms with E-state index < -0.39 is 29.7 Å². The number of aryl methyl sites for hydroxylation is 1. The van der Waals surface area contributed by atoms with E-state index in [9.17, 15) is 27.9 Å². The van der Waals surface area contributed by atoms with Gasteiger partial charge in [0.05, 0.1) is 15.8 Å². The van der Waals surface area contributed by atoms with Gasteiger partial charge in [-0.3, -0.25) is 4.79 Å². The standard InChI is InChI=1S/C19H15F3N2O3S/c1-10-5-3-8-14-15(10)28-18(24(14)11(2)17(26)27)23-16(25)12-6-4-7-13(9-12)19(20,21)22/h3-9,11H,1-2H3,(H,26,27)/b23-18-. The average Bonchev–Trinajstić information content (AvgIpc) is 2.99. The van der Waals surface area contributed by atoms with Crippen LogP contribution in [0.25, 0.3) is 10.2 Å². The molecule has 0 aliphatic carbocycles. The summed E-state index contributed by atoms with van der Waals surface area (Å²) in [6, 6.07) is 8.27. The molecule has 1 atom stereocenters. The quantitative estimate of drug-likeness (QED) is 0.698. The lowest BCUT2D eigenvalue weighted by atomic mass is 10.1. The first kappa shape index (κ1) is 19.8. The van der Waals surface area contributed by atoms with Crippen molar-refractivity contribution in [3.05, 3.63) is 64.0 Å². The number of hydrogen-bond donors (Lipinski definition) is 1. The van der Waals surface area contributed by atoms with Gasteiger partial charge in [0.1, 0.15) is 6.04 Å². The molecule has 146 valence electrons. The molecule has 0 saturated carbocycles. The number of carbonyl (C=O) groups is 2. The van der Waals surface area contributed by atoms with Crippen molar-refractivity contribution in [3.8, 4) is 0 Å². The Morgan fingerprint density at radius 1 is 1.18 bits per heavy atom. The second-order valence-electron chi connectivity index (χ2n) is 6.19. The van der Waals surface area contributed by atoms with E-state index in [0.29, 0.717) is 5.52 Å². The lowest BCUT2D eigenvalue weighted by Crippen LogP contribution is -2.25. The topological polar surface area (TPSA) is 71.7 Å². The van der Waals surface area contributed by atoms with Crippen LogP contribution in [0.5, 0.6) is 0 Å². The molecule has 1 heterocycles. The van der Waals surface area contributed by atoms with Crippen LogP contribution in [0.3, 0.4) is 0 Å². The number of hydrogen-bond acceptors (Lipinski definition) is 3. The summed E-state index contributed by atoms with van der Waals surface area (Å²) < 4.78 is 40.8. The first-order valence-corrected chi connectivity index (χ1v) is 9.01. The number of aliphatic carboxylic acids is 1. The molecule has 0 aliphatic rings. The van der Waals surface area contributed by atoms with Crippen LogP contribution < -0.4 is 4.80 Å². The fraction of sp³-hybridized carbons (Fsp3) is 0.211. The third-order valence-electron chi connectivity index (χ3n) is 4.23. The molecule has 1 amide bonds. The molecule has 5 nitrogen and oxygen atoms in total. The van der Waals surface area contributed by atoms with Gasteiger partial charge in [-0.15, -0.1) is 0 Å². The molecule has 0 aliphatic heterocycles. The predicted octanol–water partition coefficient (Wildman–Crippen LogP) is 4.42. The largest absolute Gasteiger partial charge is 0.480 e. The van der Waals surface area contributed by atoms with Gasteiger partial charge in [-0.2, -0.15) is 18.2 Å². The van der Waals surface area contributed by atoms with Gasteiger partial charge in [-0.05, 0) is 43.7 Å². The van der Waals surface area contributed by atoms with Crippen LogP contribution in [-0.4, -0.2) is 21.6 Å². The molecule has 0 fully saturated rings. The Morgan fingerprint density at radius 2 is 1.86 bits per heavy atom. The summed E-state index contributed by atoms with van der Waals surface area (Å²) in [6.45, 7) is 3.29. The van der Waals surface area contributed by atoms with E-state index in [-0.39, 0.29) is 10.4 Å². The van der Waals surface area contributed by atoms with Gasteiger partial charge in [0.25, 0.3) is 5.91 Å². The van der Waals surface area contributed by atoms with E-state index >= 15 is 0 Å². The van der Waals surface area contributed by atoms with Crippen molar-refractivity contribution in [2.24, 2.45) is 4.99 Å². The van der Waals surface area contributed by atoms with Gasteiger partial charge < -0.3 is 9.67 Å². The Morgan fingerprint density at radius 3 is 2.50 bits per heavy atom. The zero-order valence-corrected chi connectivity index (χ0v) is 15.6. The number of aromatic nitrogens is 1. The summed E-state index contributed by atoms with van der Waals surface area (Å²) in [5, 5.41) is 9.42. The van der Waals surface area contributed by atoms with Crippen LogP contribution in [0.1, 0.15) is 34.5 Å². The minimum Gasteiger partial charge on any atom is -0.480 e. The maximum Gasteiger partial charge on any atom is 0.416 e. The number of alkyl halides is 3. The third kappa shape index (κ3) is 3.70. The van der Waals surface area contributed by atoms with Gasteiger partial charge in [0.2, 0.25) is 0 Å². The zero-order valence-electron chi connectivity index (χ0n) is 14.8. The number of nitrogens with zero attached hydrogens (tertiary/aromatic N) is 2. The van der Waals surface area contributed by atoms with Crippen molar-refractivity contribution in [3.63, 3.8) is 0 Å². The highest BCUT2D eigenvalue weighted by molar-refractivity contribution is 7.16. The lowest BCUT2D eigenvalue weighted by molar-refractivity contribution is -0.140. The van der Waals surface area contributed by atoms with Crippen molar-refractivity contribution in [2.45, 2.75) is 26.1 Å². The van der Waals surface area contributed by atoms with Crippen molar-refractivity contribution in [1.29, 1.82) is 0 Å². The monoisotopic (exact) mass is 408 g/mol. The predicted molar refractivity (Wildman–Crippen MR) is 98.2 cm³/mol. The number of carbonyl (C=O) groups excluding carboxylic acids is 1. The van der Waals surface area contributed by atoms with E-state index in [1.807, 2.05) is 13.0 Å². The molecule has 0 spiro atoms. The van der Waals surface area contributed by atoms with Gasteiger partial charge in [0, 0.05) is 5.56 Å². The summed E-state index contributed by atoms with van der Waals surface area (Å²) in [7, 11) is 0. The molecule has 1 N–H and O–H groups in total. The molecule has 0 saturated heterocycles. The van der Waals surface area contributed by atoms with Gasteiger partial charge in [0.15, 0.2) is 4.80 Å². The number of thiazole rings is 1. The minimum atomic E-state index is -4.58. The van der Waals surface area contributed by atoms with E-state index in [0.717, 1.165) is 39.8 Å². The molecule has 1 unspecified atom stereocenters. The van der Waals surface area contributed by atoms with Crippen LogP contribution in [0.15, 0.2) is 47.5 Å². The zero-order chi connectivity index (χ0) is 20.6. The van der Waals surface area contributed by atoms with Crippen molar-refractivity contribution in [1.82, 2.24) is 4.57 Å². The van der Waals surface area contributed by atoms with Gasteiger partial charge in [-0.25, -0.2) is 4.79 Å². The summed E-state index contributed by atoms with van der Waals surface area (Å²) in [5.74, 6) is -1.99. The molecular formula is C19H15F3N2O3S. The Bertz CT molecular complexity index is 1150. The lowest BCUT2D eigenvalue weighted by Gasteiger charge is -2.10. The Kier molecular flexibility index (Phi) is 5.12. The average molecular weight is 408 g/mol. The maximum atomic E-state index is 12.9. The summed E-state index contributed by atoms with van der Waals surface area (Å²) >= 11 is 1.12. The SMILES string of the molecule is Cc1cccc2c1s/c(=N\C(=O)c1cccc(C(F)(F)F)c1)n2C(C)C(=O)O. The number of rotatable bonds is 3. The number of benzene rings is 2. The molecule has 1 aromatic heterocycles. The molecule has 3 aromatic rings. The molecular weight excluding hydrogens is 393 g/mol. The number of amides is 1. The molecule has 0 bridgehead atoms. The molecule has 9 heteroatoms. The van der Waals surface area contributed by atoms with Gasteiger partial charge >= 0.3 is 12.1 Å². The number of carboxylic acid groups (broad SMARTS) is 1. The van der Waals surface area contributed by atoms with E-state index in [2.05, 4.69) is 4.99 Å². The highest BCUT2D eigenvalue weighted by Crippen LogP contribution is 2.30. The Hall–Kier alpha value is -2.94. The second kappa shape index (κ2) is 7.23. The molecule has 28 heavy (non-hydrogen) atoms. The van der Waals surface area contributed by atoms with E-state index in [1.54, 1.807) is 12.1 Å². The van der Waals surface area contributed by atoms with Crippen LogP contribution in [-0.2, 0) is 11.0 Å². The second-order valence-corrected chi connectivity index (χ2v) is 7.17. The maximum absolute atomic E-state index is 12.9. The van der Waals surface area contributed by atoms with Crippen LogP contribution in [0.2, 0.25) is 0 Å². The third-order valence-corrected chi connectivity index (χ3v) is 5.43. The number of carboxylic acids is 1. The highest BCUT2D eigenvalue weighted by Gasteiger charge is 2.31. The van der Waals surface area contributed by atoms with Gasteiger partial charge in [-0.1, -0.05) is 29.5 Å². The van der Waals surface area contributed by atoms with Crippen LogP contribution in [0.4, 0.5) is 13.2 Å². The van der Waals surface area contributed by atoms with Crippen molar-refractivity contribution < 1.29 is 27.9 Å². The van der Waals surface area contributed by atoms with Crippen LogP contribution >= 0.6 is 11.3 Å². The van der Waals surface area contributed by atoms with Crippen LogP contribution in [0, 0.1) is 6.92 Å². The highest BCUT2D eigenvalue weighted by atomic mass is 32.1. The summed E-state index contributed by atoms with van der Waals surface area (Å²) in [5.41, 5.74) is 0.295. The van der Waals surface area contributed by atoms with Crippen molar-refractivity contribution >= 4 is 33.4 Å². The summed E-state index contributed by atoms with van der Waals surface area (Å²) in [4.78, 5) is 28.1. The molecule has 0 radical (unpaired) electrons.